The average molecular weight is 537 g/mol. The molecule has 35 heavy (non-hydrogen) atoms. The van der Waals surface area contributed by atoms with Gasteiger partial charge in [-0.3, -0.25) is 14.4 Å². The Bertz CT molecular complexity index is 1400. The zero-order valence-electron chi connectivity index (χ0n) is 18.3. The first-order valence-corrected chi connectivity index (χ1v) is 11.2. The molecule has 0 fully saturated rings. The number of nitrogens with zero attached hydrogens (tertiary/aromatic N) is 2. The summed E-state index contributed by atoms with van der Waals surface area (Å²) in [5.41, 5.74) is -7.47. The summed E-state index contributed by atoms with van der Waals surface area (Å²) in [6.07, 6.45) is 5.10. The number of carbonyl (C=O) groups excluding carboxylic acids is 1. The van der Waals surface area contributed by atoms with Gasteiger partial charge in [-0.1, -0.05) is 23.7 Å². The van der Waals surface area contributed by atoms with Crippen LogP contribution in [-0.4, -0.2) is 37.3 Å². The van der Waals surface area contributed by atoms with Crippen LogP contribution in [-0.2, 0) is 14.9 Å². The lowest BCUT2D eigenvalue weighted by atomic mass is 10.0. The highest BCUT2D eigenvalue weighted by atomic mass is 35.5. The molecule has 0 aliphatic heterocycles. The van der Waals surface area contributed by atoms with E-state index in [0.29, 0.717) is 0 Å². The molecule has 8 nitrogen and oxygen atoms in total. The van der Waals surface area contributed by atoms with Crippen LogP contribution in [0.2, 0.25) is 5.02 Å². The Morgan fingerprint density at radius 1 is 1.23 bits per heavy atom. The fourth-order valence-corrected chi connectivity index (χ4v) is 3.30. The summed E-state index contributed by atoms with van der Waals surface area (Å²) in [6.45, 7) is 2.89. The summed E-state index contributed by atoms with van der Waals surface area (Å²) >= 11 is 5.76. The average Bonchev–Trinajstić information content (AvgIpc) is 2.78. The van der Waals surface area contributed by atoms with Gasteiger partial charge in [0.1, 0.15) is 10.8 Å². The molecule has 2 aromatic rings. The number of aromatic nitrogens is 1. The molecule has 0 spiro atoms. The third kappa shape index (κ3) is 6.17. The topological polar surface area (TPSA) is 104 Å². The number of methoxy groups -OCH3 is 1. The van der Waals surface area contributed by atoms with Crippen LogP contribution in [0.1, 0.15) is 28.5 Å². The van der Waals surface area contributed by atoms with Crippen molar-refractivity contribution in [3.63, 3.8) is 0 Å². The van der Waals surface area contributed by atoms with E-state index in [1.807, 2.05) is 0 Å². The second kappa shape index (κ2) is 10.9. The van der Waals surface area contributed by atoms with Gasteiger partial charge in [0.2, 0.25) is 0 Å². The van der Waals surface area contributed by atoms with Gasteiger partial charge in [0, 0.05) is 29.7 Å². The lowest BCUT2D eigenvalue weighted by Gasteiger charge is -2.13. The van der Waals surface area contributed by atoms with E-state index in [1.54, 1.807) is 6.92 Å². The minimum Gasteiger partial charge on any atom is -0.465 e. The number of aliphatic imine (C=N–C) groups is 1. The number of carbonyl (C=O) groups is 1. The first kappa shape index (κ1) is 27.8. The fraction of sp³-hybridized carbons (Fsp3) is 0.190. The summed E-state index contributed by atoms with van der Waals surface area (Å²) in [6, 6.07) is 4.70. The second-order valence-electron chi connectivity index (χ2n) is 6.59. The number of rotatable bonds is 7. The van der Waals surface area contributed by atoms with Gasteiger partial charge in [-0.2, -0.15) is 21.6 Å². The van der Waals surface area contributed by atoms with Crippen LogP contribution >= 0.6 is 11.6 Å². The van der Waals surface area contributed by atoms with Gasteiger partial charge >= 0.3 is 21.6 Å². The first-order valence-electron chi connectivity index (χ1n) is 9.42. The van der Waals surface area contributed by atoms with E-state index < -0.39 is 43.7 Å². The SMILES string of the molecule is C/C=C/N=C(/C=C/n1c(C)cc(OS(=O)(=O)C(F)(F)F)c(Cl)c1=O)c1cccc(C(=O)OC)c1F. The number of hydrogen-bond acceptors (Lipinski definition) is 7. The monoisotopic (exact) mass is 536 g/mol. The quantitative estimate of drug-likeness (QED) is 0.170. The lowest BCUT2D eigenvalue weighted by Crippen LogP contribution is -2.29. The molecule has 0 saturated heterocycles. The van der Waals surface area contributed by atoms with Gasteiger partial charge in [0.05, 0.1) is 18.4 Å². The van der Waals surface area contributed by atoms with E-state index in [4.69, 9.17) is 11.6 Å². The van der Waals surface area contributed by atoms with Gasteiger partial charge < -0.3 is 8.92 Å². The lowest BCUT2D eigenvalue weighted by molar-refractivity contribution is -0.0500. The summed E-state index contributed by atoms with van der Waals surface area (Å²) in [7, 11) is -4.99. The first-order chi connectivity index (χ1) is 16.2. The van der Waals surface area contributed by atoms with Crippen molar-refractivity contribution in [1.82, 2.24) is 4.57 Å². The normalized spacial score (nSPS) is 13.0. The van der Waals surface area contributed by atoms with Crippen LogP contribution in [0.25, 0.3) is 6.20 Å². The number of allylic oxidation sites excluding steroid dienone is 2. The number of ether oxygens (including phenoxy) is 1. The largest absolute Gasteiger partial charge is 0.534 e. The molecule has 0 radical (unpaired) electrons. The van der Waals surface area contributed by atoms with E-state index in [2.05, 4.69) is 13.9 Å². The third-order valence-electron chi connectivity index (χ3n) is 4.25. The zero-order valence-corrected chi connectivity index (χ0v) is 19.8. The molecule has 14 heteroatoms. The summed E-state index contributed by atoms with van der Waals surface area (Å²) < 4.78 is 84.7. The molecular formula is C21H17ClF4N2O6S. The predicted molar refractivity (Wildman–Crippen MR) is 120 cm³/mol. The zero-order chi connectivity index (χ0) is 26.6. The molecule has 0 aliphatic carbocycles. The molecule has 0 unspecified atom stereocenters. The number of benzene rings is 1. The summed E-state index contributed by atoms with van der Waals surface area (Å²) in [4.78, 5) is 28.5. The van der Waals surface area contributed by atoms with Crippen LogP contribution in [0.4, 0.5) is 17.6 Å². The van der Waals surface area contributed by atoms with Gasteiger partial charge in [0.15, 0.2) is 5.75 Å². The Labute approximate surface area is 201 Å². The van der Waals surface area contributed by atoms with E-state index in [1.165, 1.54) is 43.5 Å². The van der Waals surface area contributed by atoms with Crippen LogP contribution in [0.15, 0.2) is 52.4 Å². The van der Waals surface area contributed by atoms with Crippen molar-refractivity contribution in [3.05, 3.63) is 80.6 Å². The van der Waals surface area contributed by atoms with Crippen LogP contribution in [0.5, 0.6) is 5.75 Å². The molecule has 2 rings (SSSR count). The highest BCUT2D eigenvalue weighted by Gasteiger charge is 2.49. The van der Waals surface area contributed by atoms with E-state index in [9.17, 15) is 35.6 Å². The molecular weight excluding hydrogens is 520 g/mol. The maximum atomic E-state index is 14.9. The Balaban J connectivity index is 2.58. The van der Waals surface area contributed by atoms with Crippen molar-refractivity contribution in [2.45, 2.75) is 19.4 Å². The third-order valence-corrected chi connectivity index (χ3v) is 5.56. The van der Waals surface area contributed by atoms with E-state index in [0.717, 1.165) is 23.9 Å². The van der Waals surface area contributed by atoms with Gasteiger partial charge in [-0.05, 0) is 32.1 Å². The number of alkyl halides is 3. The minimum atomic E-state index is -6.07. The fourth-order valence-electron chi connectivity index (χ4n) is 2.61. The van der Waals surface area contributed by atoms with Crippen LogP contribution in [0, 0.1) is 12.7 Å². The van der Waals surface area contributed by atoms with Crippen molar-refractivity contribution >= 4 is 39.6 Å². The number of esters is 1. The molecule has 0 saturated carbocycles. The molecule has 0 aliphatic rings. The predicted octanol–water partition coefficient (Wildman–Crippen LogP) is 4.46. The highest BCUT2D eigenvalue weighted by molar-refractivity contribution is 7.88. The molecule has 1 heterocycles. The maximum Gasteiger partial charge on any atom is 0.534 e. The smallest absolute Gasteiger partial charge is 0.465 e. The van der Waals surface area contributed by atoms with Gasteiger partial charge in [0.25, 0.3) is 5.56 Å². The molecule has 0 N–H and O–H groups in total. The molecule has 1 aromatic heterocycles. The van der Waals surface area contributed by atoms with E-state index in [-0.39, 0.29) is 22.5 Å². The second-order valence-corrected chi connectivity index (χ2v) is 8.51. The Kier molecular flexibility index (Phi) is 8.63. The Morgan fingerprint density at radius 3 is 2.43 bits per heavy atom. The number of hydrogen-bond donors (Lipinski definition) is 0. The number of aryl methyl sites for hydroxylation is 1. The molecule has 0 bridgehead atoms. The van der Waals surface area contributed by atoms with Crippen molar-refractivity contribution in [2.24, 2.45) is 4.99 Å². The molecule has 1 aromatic carbocycles. The minimum absolute atomic E-state index is 0.0475. The highest BCUT2D eigenvalue weighted by Crippen LogP contribution is 2.30. The van der Waals surface area contributed by atoms with Crippen LogP contribution in [0.3, 0.4) is 0 Å². The summed E-state index contributed by atoms with van der Waals surface area (Å²) in [5.74, 6) is -2.90. The van der Waals surface area contributed by atoms with Crippen molar-refractivity contribution < 1.29 is 39.7 Å². The Hall–Kier alpha value is -3.45. The molecule has 0 atom stereocenters. The number of pyridine rings is 1. The summed E-state index contributed by atoms with van der Waals surface area (Å²) in [5, 5.41) is -0.945. The maximum absolute atomic E-state index is 14.9. The van der Waals surface area contributed by atoms with Crippen molar-refractivity contribution in [1.29, 1.82) is 0 Å². The van der Waals surface area contributed by atoms with Crippen LogP contribution < -0.4 is 9.74 Å². The molecule has 0 amide bonds. The Morgan fingerprint density at radius 2 is 1.86 bits per heavy atom. The van der Waals surface area contributed by atoms with Gasteiger partial charge in [-0.25, -0.2) is 9.18 Å². The van der Waals surface area contributed by atoms with E-state index >= 15 is 0 Å². The van der Waals surface area contributed by atoms with Gasteiger partial charge in [-0.15, -0.1) is 0 Å². The number of halogens is 5. The van der Waals surface area contributed by atoms with Crippen molar-refractivity contribution in [3.8, 4) is 5.75 Å². The molecule has 188 valence electrons. The van der Waals surface area contributed by atoms with Crippen molar-refractivity contribution in [2.75, 3.05) is 7.11 Å². The standard InChI is InChI=1S/C21H17ClF4N2O6S/c1-4-9-27-15(13-6-5-7-14(18(13)23)20(30)33-3)8-10-28-12(2)11-16(17(22)19(28)29)34-35(31,32)21(24,25)26/h4-11H,1-3H3/b9-4+,10-8+,27-15-.